The highest BCUT2D eigenvalue weighted by molar-refractivity contribution is 6.31. The third kappa shape index (κ3) is 4.78. The molecule has 2 aromatic carbocycles. The van der Waals surface area contributed by atoms with E-state index < -0.39 is 6.04 Å². The Morgan fingerprint density at radius 3 is 2.58 bits per heavy atom. The molecule has 164 valence electrons. The van der Waals surface area contributed by atoms with E-state index in [0.29, 0.717) is 23.2 Å². The summed E-state index contributed by atoms with van der Waals surface area (Å²) in [5.41, 5.74) is 3.79. The number of fused-ring (bicyclic) bond motifs is 1. The molecule has 0 spiro atoms. The molecule has 4 rings (SSSR count). The minimum absolute atomic E-state index is 0.116. The average Bonchev–Trinajstić information content (AvgIpc) is 2.77. The summed E-state index contributed by atoms with van der Waals surface area (Å²) in [7, 11) is 0. The molecule has 0 radical (unpaired) electrons. The number of anilines is 1. The highest BCUT2D eigenvalue weighted by Gasteiger charge is 2.37. The maximum Gasteiger partial charge on any atom is 0.244 e. The maximum atomic E-state index is 13.6. The number of halogens is 1. The molecule has 2 aliphatic heterocycles. The van der Waals surface area contributed by atoms with Gasteiger partial charge in [0.1, 0.15) is 6.04 Å². The van der Waals surface area contributed by atoms with Crippen LogP contribution < -0.4 is 5.32 Å². The summed E-state index contributed by atoms with van der Waals surface area (Å²) in [5.74, 6) is 0.645. The van der Waals surface area contributed by atoms with Crippen LogP contribution >= 0.6 is 11.6 Å². The Bertz CT molecular complexity index is 969. The smallest absolute Gasteiger partial charge is 0.244 e. The number of carbonyl (C=O) groups is 2. The third-order valence-electron chi connectivity index (χ3n) is 6.60. The first-order chi connectivity index (χ1) is 14.9. The lowest BCUT2D eigenvalue weighted by molar-refractivity contribution is -0.139. The molecule has 2 heterocycles. The van der Waals surface area contributed by atoms with Crippen LogP contribution in [-0.2, 0) is 16.0 Å². The van der Waals surface area contributed by atoms with Gasteiger partial charge in [-0.15, -0.1) is 0 Å². The van der Waals surface area contributed by atoms with E-state index in [1.807, 2.05) is 53.1 Å². The van der Waals surface area contributed by atoms with Crippen LogP contribution in [0.4, 0.5) is 5.69 Å². The van der Waals surface area contributed by atoms with Crippen LogP contribution in [0.3, 0.4) is 0 Å². The monoisotopic (exact) mass is 439 g/mol. The standard InChI is InChI=1S/C25H30ClN3O2/c1-17-10-13-28(14-11-17)25(31)24-20-7-4-3-6-19(20)12-15-29(24)16-23(30)27-22-9-5-8-21(26)18(22)2/h3-9,17,24H,10-16H2,1-2H3,(H,27,30)/t24-/m1/s1. The van der Waals surface area contributed by atoms with Crippen molar-refractivity contribution < 1.29 is 9.59 Å². The highest BCUT2D eigenvalue weighted by Crippen LogP contribution is 2.32. The summed E-state index contributed by atoms with van der Waals surface area (Å²) in [6.45, 7) is 6.56. The molecule has 2 aliphatic rings. The number of carbonyl (C=O) groups excluding carboxylic acids is 2. The SMILES string of the molecule is Cc1c(Cl)cccc1NC(=O)CN1CCc2ccccc2[C@@H]1C(=O)N1CCC(C)CC1. The molecule has 0 aromatic heterocycles. The number of hydrogen-bond donors (Lipinski definition) is 1. The Morgan fingerprint density at radius 2 is 1.81 bits per heavy atom. The van der Waals surface area contributed by atoms with E-state index in [9.17, 15) is 9.59 Å². The first kappa shape index (κ1) is 21.8. The van der Waals surface area contributed by atoms with Crippen molar-refractivity contribution in [3.05, 3.63) is 64.2 Å². The molecule has 1 saturated heterocycles. The molecular formula is C25H30ClN3O2. The van der Waals surface area contributed by atoms with Crippen molar-refractivity contribution in [3.8, 4) is 0 Å². The number of amides is 2. The Morgan fingerprint density at radius 1 is 1.06 bits per heavy atom. The van der Waals surface area contributed by atoms with E-state index in [2.05, 4.69) is 18.3 Å². The van der Waals surface area contributed by atoms with Crippen LogP contribution in [0.2, 0.25) is 5.02 Å². The number of nitrogens with one attached hydrogen (secondary N) is 1. The van der Waals surface area contributed by atoms with Gasteiger partial charge in [0.15, 0.2) is 0 Å². The quantitative estimate of drug-likeness (QED) is 0.765. The van der Waals surface area contributed by atoms with Crippen molar-refractivity contribution >= 4 is 29.1 Å². The molecule has 6 heteroatoms. The molecule has 1 N–H and O–H groups in total. The molecule has 0 aliphatic carbocycles. The van der Waals surface area contributed by atoms with Crippen LogP contribution in [0.1, 0.15) is 42.5 Å². The van der Waals surface area contributed by atoms with E-state index in [0.717, 1.165) is 43.5 Å². The average molecular weight is 440 g/mol. The summed E-state index contributed by atoms with van der Waals surface area (Å²) >= 11 is 6.19. The summed E-state index contributed by atoms with van der Waals surface area (Å²) in [6, 6.07) is 13.2. The number of rotatable bonds is 4. The Kier molecular flexibility index (Phi) is 6.63. The molecular weight excluding hydrogens is 410 g/mol. The Balaban J connectivity index is 1.54. The number of likely N-dealkylation sites (tertiary alicyclic amines) is 1. The van der Waals surface area contributed by atoms with E-state index in [1.165, 1.54) is 5.56 Å². The van der Waals surface area contributed by atoms with Gasteiger partial charge in [-0.25, -0.2) is 0 Å². The van der Waals surface area contributed by atoms with Crippen molar-refractivity contribution in [2.45, 2.75) is 39.2 Å². The van der Waals surface area contributed by atoms with Gasteiger partial charge >= 0.3 is 0 Å². The van der Waals surface area contributed by atoms with Crippen LogP contribution in [0.25, 0.3) is 0 Å². The predicted molar refractivity (Wildman–Crippen MR) is 124 cm³/mol. The largest absolute Gasteiger partial charge is 0.341 e. The van der Waals surface area contributed by atoms with Gasteiger partial charge in [-0.2, -0.15) is 0 Å². The first-order valence-corrected chi connectivity index (χ1v) is 11.5. The van der Waals surface area contributed by atoms with E-state index in [4.69, 9.17) is 11.6 Å². The van der Waals surface area contributed by atoms with Crippen molar-refractivity contribution in [3.63, 3.8) is 0 Å². The lowest BCUT2D eigenvalue weighted by Gasteiger charge is -2.40. The zero-order chi connectivity index (χ0) is 22.0. The minimum Gasteiger partial charge on any atom is -0.341 e. The van der Waals surface area contributed by atoms with Crippen molar-refractivity contribution in [2.24, 2.45) is 5.92 Å². The summed E-state index contributed by atoms with van der Waals surface area (Å²) in [6.07, 6.45) is 2.91. The molecule has 1 fully saturated rings. The fourth-order valence-corrected chi connectivity index (χ4v) is 4.77. The highest BCUT2D eigenvalue weighted by atomic mass is 35.5. The molecule has 0 saturated carbocycles. The second-order valence-electron chi connectivity index (χ2n) is 8.79. The zero-order valence-corrected chi connectivity index (χ0v) is 19.0. The summed E-state index contributed by atoms with van der Waals surface area (Å²) in [5, 5.41) is 3.60. The molecule has 2 aromatic rings. The molecule has 2 amide bonds. The molecule has 5 nitrogen and oxygen atoms in total. The van der Waals surface area contributed by atoms with Gasteiger partial charge in [0.2, 0.25) is 11.8 Å². The lowest BCUT2D eigenvalue weighted by Crippen LogP contribution is -2.50. The van der Waals surface area contributed by atoms with Gasteiger partial charge in [0.25, 0.3) is 0 Å². The van der Waals surface area contributed by atoms with Crippen LogP contribution in [0, 0.1) is 12.8 Å². The fourth-order valence-electron chi connectivity index (χ4n) is 4.60. The van der Waals surface area contributed by atoms with E-state index in [-0.39, 0.29) is 18.4 Å². The van der Waals surface area contributed by atoms with Crippen LogP contribution in [0.15, 0.2) is 42.5 Å². The fraction of sp³-hybridized carbons (Fsp3) is 0.440. The topological polar surface area (TPSA) is 52.7 Å². The minimum atomic E-state index is -0.412. The van der Waals surface area contributed by atoms with Crippen molar-refractivity contribution in [1.29, 1.82) is 0 Å². The second kappa shape index (κ2) is 9.41. The van der Waals surface area contributed by atoms with Gasteiger partial charge in [-0.05, 0) is 60.9 Å². The van der Waals surface area contributed by atoms with E-state index in [1.54, 1.807) is 0 Å². The normalized spacial score (nSPS) is 19.7. The molecule has 1 atom stereocenters. The Labute approximate surface area is 189 Å². The Hall–Kier alpha value is -2.37. The van der Waals surface area contributed by atoms with Crippen molar-refractivity contribution in [1.82, 2.24) is 9.80 Å². The van der Waals surface area contributed by atoms with Crippen molar-refractivity contribution in [2.75, 3.05) is 31.5 Å². The van der Waals surface area contributed by atoms with Gasteiger partial charge in [0, 0.05) is 30.3 Å². The van der Waals surface area contributed by atoms with Gasteiger partial charge < -0.3 is 10.2 Å². The number of hydrogen-bond acceptors (Lipinski definition) is 3. The van der Waals surface area contributed by atoms with Gasteiger partial charge in [-0.1, -0.05) is 48.9 Å². The summed E-state index contributed by atoms with van der Waals surface area (Å²) < 4.78 is 0. The van der Waals surface area contributed by atoms with Crippen LogP contribution in [0.5, 0.6) is 0 Å². The molecule has 0 unspecified atom stereocenters. The van der Waals surface area contributed by atoms with Gasteiger partial charge in [0.05, 0.1) is 6.54 Å². The predicted octanol–water partition coefficient (Wildman–Crippen LogP) is 4.44. The van der Waals surface area contributed by atoms with Gasteiger partial charge in [-0.3, -0.25) is 14.5 Å². The zero-order valence-electron chi connectivity index (χ0n) is 18.2. The maximum absolute atomic E-state index is 13.6. The molecule has 31 heavy (non-hydrogen) atoms. The van der Waals surface area contributed by atoms with Crippen LogP contribution in [-0.4, -0.2) is 47.8 Å². The number of piperidine rings is 1. The summed E-state index contributed by atoms with van der Waals surface area (Å²) in [4.78, 5) is 30.5. The molecule has 0 bridgehead atoms. The second-order valence-corrected chi connectivity index (χ2v) is 9.20. The lowest BCUT2D eigenvalue weighted by atomic mass is 9.90. The number of benzene rings is 2. The van der Waals surface area contributed by atoms with E-state index >= 15 is 0 Å². The number of nitrogens with zero attached hydrogens (tertiary/aromatic N) is 2. The first-order valence-electron chi connectivity index (χ1n) is 11.1. The third-order valence-corrected chi connectivity index (χ3v) is 7.01.